The van der Waals surface area contributed by atoms with Crippen LogP contribution in [0.1, 0.15) is 10.5 Å². The summed E-state index contributed by atoms with van der Waals surface area (Å²) in [6.07, 6.45) is 1.26. The van der Waals surface area contributed by atoms with Crippen molar-refractivity contribution < 1.29 is 24.2 Å². The van der Waals surface area contributed by atoms with E-state index in [1.165, 1.54) is 6.20 Å². The lowest BCUT2D eigenvalue weighted by atomic mass is 10.2. The third-order valence-electron chi connectivity index (χ3n) is 2.70. The number of rotatable bonds is 4. The van der Waals surface area contributed by atoms with Gasteiger partial charge in [-0.15, -0.1) is 5.10 Å². The number of anilines is 1. The van der Waals surface area contributed by atoms with Gasteiger partial charge in [0.15, 0.2) is 17.2 Å². The minimum atomic E-state index is -1.07. The van der Waals surface area contributed by atoms with Gasteiger partial charge in [0.05, 0.1) is 6.20 Å². The lowest BCUT2D eigenvalue weighted by Crippen LogP contribution is -2.12. The summed E-state index contributed by atoms with van der Waals surface area (Å²) in [5.41, 5.74) is 0.533. The van der Waals surface area contributed by atoms with Crippen LogP contribution in [0.2, 0.25) is 0 Å². The van der Waals surface area contributed by atoms with E-state index in [1.54, 1.807) is 18.2 Å². The molecule has 0 unspecified atom stereocenters. The minimum Gasteiger partial charge on any atom is -0.480 e. The van der Waals surface area contributed by atoms with Gasteiger partial charge in [0, 0.05) is 11.8 Å². The third-order valence-corrected chi connectivity index (χ3v) is 2.70. The van der Waals surface area contributed by atoms with Gasteiger partial charge in [-0.25, -0.2) is 4.68 Å². The summed E-state index contributed by atoms with van der Waals surface area (Å²) in [6, 6.07) is 4.97. The summed E-state index contributed by atoms with van der Waals surface area (Å²) >= 11 is 0. The molecule has 0 spiro atoms. The van der Waals surface area contributed by atoms with Gasteiger partial charge in [-0.2, -0.15) is 0 Å². The van der Waals surface area contributed by atoms with Crippen LogP contribution in [0.4, 0.5) is 5.69 Å². The van der Waals surface area contributed by atoms with Gasteiger partial charge in [0.25, 0.3) is 5.91 Å². The van der Waals surface area contributed by atoms with E-state index >= 15 is 0 Å². The van der Waals surface area contributed by atoms with Gasteiger partial charge in [-0.1, -0.05) is 5.21 Å². The Hall–Kier alpha value is -3.10. The molecule has 1 amide bonds. The number of fused-ring (bicyclic) bond motifs is 1. The number of benzene rings is 1. The first-order valence-electron chi connectivity index (χ1n) is 5.95. The summed E-state index contributed by atoms with van der Waals surface area (Å²) in [7, 11) is 0. The van der Waals surface area contributed by atoms with Crippen molar-refractivity contribution in [2.75, 3.05) is 12.1 Å². The number of carboxylic acids is 1. The second-order valence-electron chi connectivity index (χ2n) is 4.22. The van der Waals surface area contributed by atoms with Crippen LogP contribution in [-0.2, 0) is 11.3 Å². The number of carbonyl (C=O) groups is 2. The Labute approximate surface area is 118 Å². The Morgan fingerprint density at radius 2 is 2.14 bits per heavy atom. The van der Waals surface area contributed by atoms with Crippen LogP contribution in [0, 0.1) is 0 Å². The molecule has 21 heavy (non-hydrogen) atoms. The molecule has 0 aliphatic carbocycles. The fourth-order valence-electron chi connectivity index (χ4n) is 1.79. The maximum atomic E-state index is 12.0. The molecule has 1 aliphatic heterocycles. The smallest absolute Gasteiger partial charge is 0.325 e. The minimum absolute atomic E-state index is 0.0221. The predicted octanol–water partition coefficient (Wildman–Crippen LogP) is 0.344. The molecule has 3 rings (SSSR count). The fourth-order valence-corrected chi connectivity index (χ4v) is 1.79. The molecule has 0 radical (unpaired) electrons. The molecular weight excluding hydrogens is 280 g/mol. The maximum Gasteiger partial charge on any atom is 0.325 e. The molecule has 0 bridgehead atoms. The molecule has 0 saturated carbocycles. The van der Waals surface area contributed by atoms with Gasteiger partial charge < -0.3 is 19.9 Å². The number of aliphatic carboxylic acids is 1. The van der Waals surface area contributed by atoms with E-state index in [9.17, 15) is 9.59 Å². The second-order valence-corrected chi connectivity index (χ2v) is 4.22. The Bertz CT molecular complexity index is 711. The summed E-state index contributed by atoms with van der Waals surface area (Å²) in [6.45, 7) is -0.208. The molecule has 9 heteroatoms. The van der Waals surface area contributed by atoms with E-state index in [-0.39, 0.29) is 19.0 Å². The molecule has 2 heterocycles. The SMILES string of the molecule is O=C(O)Cn1cc(C(=O)Nc2ccc3c(c2)OCO3)nn1. The number of nitrogens with one attached hydrogen (secondary N) is 1. The van der Waals surface area contributed by atoms with Crippen LogP contribution in [0.15, 0.2) is 24.4 Å². The average Bonchev–Trinajstić information content (AvgIpc) is 3.06. The van der Waals surface area contributed by atoms with E-state index in [2.05, 4.69) is 15.6 Å². The second kappa shape index (κ2) is 5.12. The average molecular weight is 290 g/mol. The number of amides is 1. The molecule has 2 aromatic rings. The molecule has 9 nitrogen and oxygen atoms in total. The van der Waals surface area contributed by atoms with Crippen molar-refractivity contribution in [2.24, 2.45) is 0 Å². The van der Waals surface area contributed by atoms with Crippen LogP contribution in [-0.4, -0.2) is 38.8 Å². The highest BCUT2D eigenvalue weighted by Crippen LogP contribution is 2.34. The Morgan fingerprint density at radius 3 is 2.95 bits per heavy atom. The van der Waals surface area contributed by atoms with E-state index < -0.39 is 11.9 Å². The van der Waals surface area contributed by atoms with Gasteiger partial charge in [-0.3, -0.25) is 9.59 Å². The van der Waals surface area contributed by atoms with E-state index in [4.69, 9.17) is 14.6 Å². The molecular formula is C12H10N4O5. The van der Waals surface area contributed by atoms with Crippen molar-refractivity contribution >= 4 is 17.6 Å². The van der Waals surface area contributed by atoms with Crippen LogP contribution < -0.4 is 14.8 Å². The topological polar surface area (TPSA) is 116 Å². The molecule has 108 valence electrons. The van der Waals surface area contributed by atoms with Crippen LogP contribution in [0.3, 0.4) is 0 Å². The molecule has 1 aliphatic rings. The molecule has 2 N–H and O–H groups in total. The zero-order chi connectivity index (χ0) is 14.8. The van der Waals surface area contributed by atoms with Gasteiger partial charge in [-0.05, 0) is 12.1 Å². The highest BCUT2D eigenvalue weighted by molar-refractivity contribution is 6.02. The molecule has 0 fully saturated rings. The standard InChI is InChI=1S/C12H10N4O5/c17-11(18)5-16-4-8(14-15-16)12(19)13-7-1-2-9-10(3-7)21-6-20-9/h1-4H,5-6H2,(H,13,19)(H,17,18). The lowest BCUT2D eigenvalue weighted by molar-refractivity contribution is -0.137. The number of carboxylic acid groups (broad SMARTS) is 1. The first-order valence-corrected chi connectivity index (χ1v) is 5.95. The Kier molecular flexibility index (Phi) is 3.14. The number of nitrogens with zero attached hydrogens (tertiary/aromatic N) is 3. The fraction of sp³-hybridized carbons (Fsp3) is 0.167. The maximum absolute atomic E-state index is 12.0. The number of ether oxygens (including phenoxy) is 2. The Balaban J connectivity index is 1.71. The number of hydrogen-bond donors (Lipinski definition) is 2. The highest BCUT2D eigenvalue weighted by Gasteiger charge is 2.16. The van der Waals surface area contributed by atoms with Crippen molar-refractivity contribution in [2.45, 2.75) is 6.54 Å². The van der Waals surface area contributed by atoms with Crippen LogP contribution >= 0.6 is 0 Å². The van der Waals surface area contributed by atoms with Gasteiger partial charge >= 0.3 is 5.97 Å². The Morgan fingerprint density at radius 1 is 1.33 bits per heavy atom. The van der Waals surface area contributed by atoms with Gasteiger partial charge in [0.1, 0.15) is 6.54 Å². The quantitative estimate of drug-likeness (QED) is 0.834. The van der Waals surface area contributed by atoms with E-state index in [0.717, 1.165) is 4.68 Å². The van der Waals surface area contributed by atoms with Crippen molar-refractivity contribution in [1.29, 1.82) is 0 Å². The lowest BCUT2D eigenvalue weighted by Gasteiger charge is -2.03. The first-order chi connectivity index (χ1) is 10.1. The number of hydrogen-bond acceptors (Lipinski definition) is 6. The number of aromatic nitrogens is 3. The van der Waals surface area contributed by atoms with E-state index in [1.807, 2.05) is 0 Å². The zero-order valence-corrected chi connectivity index (χ0v) is 10.6. The van der Waals surface area contributed by atoms with Gasteiger partial charge in [0.2, 0.25) is 6.79 Å². The monoisotopic (exact) mass is 290 g/mol. The van der Waals surface area contributed by atoms with Crippen LogP contribution in [0.25, 0.3) is 0 Å². The van der Waals surface area contributed by atoms with Crippen LogP contribution in [0.5, 0.6) is 11.5 Å². The molecule has 1 aromatic carbocycles. The third kappa shape index (κ3) is 2.76. The molecule has 0 atom stereocenters. The molecule has 1 aromatic heterocycles. The van der Waals surface area contributed by atoms with Crippen molar-refractivity contribution in [3.05, 3.63) is 30.1 Å². The number of carbonyl (C=O) groups excluding carboxylic acids is 1. The summed E-state index contributed by atoms with van der Waals surface area (Å²) in [5, 5.41) is 18.4. The predicted molar refractivity (Wildman–Crippen MR) is 68.2 cm³/mol. The normalized spacial score (nSPS) is 12.2. The first kappa shape index (κ1) is 12.9. The van der Waals surface area contributed by atoms with Crippen molar-refractivity contribution in [3.8, 4) is 11.5 Å². The van der Waals surface area contributed by atoms with E-state index in [0.29, 0.717) is 17.2 Å². The largest absolute Gasteiger partial charge is 0.480 e. The summed E-state index contributed by atoms with van der Waals surface area (Å²) in [5.74, 6) is -0.407. The highest BCUT2D eigenvalue weighted by atomic mass is 16.7. The van der Waals surface area contributed by atoms with Crippen molar-refractivity contribution in [3.63, 3.8) is 0 Å². The van der Waals surface area contributed by atoms with Crippen molar-refractivity contribution in [1.82, 2.24) is 15.0 Å². The molecule has 0 saturated heterocycles. The summed E-state index contributed by atoms with van der Waals surface area (Å²) < 4.78 is 11.4. The zero-order valence-electron chi connectivity index (χ0n) is 10.6. The summed E-state index contributed by atoms with van der Waals surface area (Å²) in [4.78, 5) is 22.5.